The molecule has 0 fully saturated rings. The summed E-state index contributed by atoms with van der Waals surface area (Å²) in [5.41, 5.74) is 7.44. The molecule has 0 spiro atoms. The van der Waals surface area contributed by atoms with Crippen LogP contribution in [-0.2, 0) is 4.79 Å². The lowest BCUT2D eigenvalue weighted by Gasteiger charge is -2.24. The predicted octanol–water partition coefficient (Wildman–Crippen LogP) is 2.97. The van der Waals surface area contributed by atoms with E-state index in [0.29, 0.717) is 5.75 Å². The fourth-order valence-corrected chi connectivity index (χ4v) is 2.29. The lowest BCUT2D eigenvalue weighted by atomic mass is 10.0. The van der Waals surface area contributed by atoms with E-state index >= 15 is 0 Å². The highest BCUT2D eigenvalue weighted by Gasteiger charge is 2.17. The second-order valence-electron chi connectivity index (χ2n) is 5.10. The van der Waals surface area contributed by atoms with Crippen LogP contribution in [0.15, 0.2) is 23.1 Å². The van der Waals surface area contributed by atoms with Crippen LogP contribution in [0.2, 0.25) is 0 Å². The van der Waals surface area contributed by atoms with Crippen LogP contribution in [0.3, 0.4) is 0 Å². The number of nitrogen functional groups attached to an aromatic ring is 1. The number of hydrogen-bond acceptors (Lipinski definition) is 3. The Morgan fingerprint density at radius 3 is 2.67 bits per heavy atom. The molecule has 0 atom stereocenters. The van der Waals surface area contributed by atoms with Crippen molar-refractivity contribution in [2.75, 3.05) is 11.5 Å². The molecule has 100 valence electrons. The number of aryl methyl sites for hydroxylation is 1. The van der Waals surface area contributed by atoms with Crippen LogP contribution in [0.25, 0.3) is 0 Å². The van der Waals surface area contributed by atoms with E-state index in [1.54, 1.807) is 11.8 Å². The van der Waals surface area contributed by atoms with Crippen LogP contribution in [0, 0.1) is 6.92 Å². The zero-order chi connectivity index (χ0) is 13.8. The third kappa shape index (κ3) is 4.61. The first-order chi connectivity index (χ1) is 8.34. The SMILES string of the molecule is CCC(C)(C)NC(=O)CSc1ccc(N)cc1C. The number of rotatable bonds is 5. The van der Waals surface area contributed by atoms with Crippen molar-refractivity contribution in [1.82, 2.24) is 5.32 Å². The van der Waals surface area contributed by atoms with Gasteiger partial charge in [-0.2, -0.15) is 0 Å². The number of nitrogens with two attached hydrogens (primary N) is 1. The van der Waals surface area contributed by atoms with Crippen molar-refractivity contribution >= 4 is 23.4 Å². The maximum atomic E-state index is 11.8. The fraction of sp³-hybridized carbons (Fsp3) is 0.500. The first kappa shape index (κ1) is 14.9. The van der Waals surface area contributed by atoms with Gasteiger partial charge in [0.15, 0.2) is 0 Å². The van der Waals surface area contributed by atoms with Crippen molar-refractivity contribution in [2.24, 2.45) is 0 Å². The van der Waals surface area contributed by atoms with Gasteiger partial charge in [0.1, 0.15) is 0 Å². The van der Waals surface area contributed by atoms with Gasteiger partial charge in [0.25, 0.3) is 0 Å². The summed E-state index contributed by atoms with van der Waals surface area (Å²) in [7, 11) is 0. The summed E-state index contributed by atoms with van der Waals surface area (Å²) in [6.45, 7) is 8.14. The Balaban J connectivity index is 2.53. The molecule has 0 saturated heterocycles. The Kier molecular flexibility index (Phi) is 5.08. The smallest absolute Gasteiger partial charge is 0.230 e. The first-order valence-electron chi connectivity index (χ1n) is 6.14. The number of carbonyl (C=O) groups excluding carboxylic acids is 1. The van der Waals surface area contributed by atoms with Crippen molar-refractivity contribution < 1.29 is 4.79 Å². The van der Waals surface area contributed by atoms with Gasteiger partial charge in [-0.05, 0) is 51.0 Å². The number of nitrogens with one attached hydrogen (secondary N) is 1. The Morgan fingerprint density at radius 2 is 2.11 bits per heavy atom. The summed E-state index contributed by atoms with van der Waals surface area (Å²) >= 11 is 1.55. The molecule has 0 bridgehead atoms. The molecule has 1 amide bonds. The zero-order valence-corrected chi connectivity index (χ0v) is 12.4. The summed E-state index contributed by atoms with van der Waals surface area (Å²) in [6.07, 6.45) is 0.921. The van der Waals surface area contributed by atoms with Gasteiger partial charge in [0.2, 0.25) is 5.91 Å². The number of amides is 1. The summed E-state index contributed by atoms with van der Waals surface area (Å²) in [5, 5.41) is 3.02. The fourth-order valence-electron chi connectivity index (χ4n) is 1.48. The maximum Gasteiger partial charge on any atom is 0.230 e. The number of thioether (sulfide) groups is 1. The van der Waals surface area contributed by atoms with Gasteiger partial charge in [0.05, 0.1) is 5.75 Å². The molecular weight excluding hydrogens is 244 g/mol. The number of benzene rings is 1. The molecule has 3 nitrogen and oxygen atoms in total. The summed E-state index contributed by atoms with van der Waals surface area (Å²) < 4.78 is 0. The molecule has 0 aliphatic carbocycles. The molecule has 0 aliphatic rings. The van der Waals surface area contributed by atoms with Gasteiger partial charge < -0.3 is 11.1 Å². The van der Waals surface area contributed by atoms with Crippen LogP contribution < -0.4 is 11.1 Å². The molecule has 18 heavy (non-hydrogen) atoms. The second kappa shape index (κ2) is 6.14. The van der Waals surface area contributed by atoms with Crippen LogP contribution >= 0.6 is 11.8 Å². The van der Waals surface area contributed by atoms with Gasteiger partial charge in [-0.15, -0.1) is 11.8 Å². The Morgan fingerprint density at radius 1 is 1.44 bits per heavy atom. The average molecular weight is 266 g/mol. The quantitative estimate of drug-likeness (QED) is 0.636. The van der Waals surface area contributed by atoms with Crippen molar-refractivity contribution in [3.63, 3.8) is 0 Å². The lowest BCUT2D eigenvalue weighted by molar-refractivity contribution is -0.120. The van der Waals surface area contributed by atoms with Crippen LogP contribution in [0.5, 0.6) is 0 Å². The molecule has 0 unspecified atom stereocenters. The molecule has 0 aromatic heterocycles. The monoisotopic (exact) mass is 266 g/mol. The topological polar surface area (TPSA) is 55.1 Å². The first-order valence-corrected chi connectivity index (χ1v) is 7.12. The van der Waals surface area contributed by atoms with Crippen molar-refractivity contribution in [3.8, 4) is 0 Å². The van der Waals surface area contributed by atoms with Crippen molar-refractivity contribution in [2.45, 2.75) is 44.6 Å². The minimum Gasteiger partial charge on any atom is -0.399 e. The Bertz CT molecular complexity index is 430. The predicted molar refractivity (Wildman–Crippen MR) is 78.8 cm³/mol. The molecule has 1 aromatic carbocycles. The normalized spacial score (nSPS) is 11.3. The number of hydrogen-bond donors (Lipinski definition) is 2. The molecule has 0 saturated carbocycles. The maximum absolute atomic E-state index is 11.8. The van der Waals surface area contributed by atoms with Crippen LogP contribution in [0.1, 0.15) is 32.8 Å². The van der Waals surface area contributed by atoms with E-state index in [2.05, 4.69) is 12.2 Å². The second-order valence-corrected chi connectivity index (χ2v) is 6.12. The molecule has 3 N–H and O–H groups in total. The molecule has 1 rings (SSSR count). The summed E-state index contributed by atoms with van der Waals surface area (Å²) in [6, 6.07) is 5.76. The van der Waals surface area contributed by atoms with Crippen molar-refractivity contribution in [3.05, 3.63) is 23.8 Å². The highest BCUT2D eigenvalue weighted by molar-refractivity contribution is 8.00. The van der Waals surface area contributed by atoms with E-state index in [1.165, 1.54) is 0 Å². The molecule has 0 radical (unpaired) electrons. The van der Waals surface area contributed by atoms with Gasteiger partial charge in [-0.25, -0.2) is 0 Å². The van der Waals surface area contributed by atoms with E-state index in [-0.39, 0.29) is 11.4 Å². The molecule has 0 heterocycles. The third-order valence-corrected chi connectivity index (χ3v) is 4.10. The molecular formula is C14H22N2OS. The molecule has 4 heteroatoms. The van der Waals surface area contributed by atoms with Crippen LogP contribution in [-0.4, -0.2) is 17.2 Å². The highest BCUT2D eigenvalue weighted by atomic mass is 32.2. The Hall–Kier alpha value is -1.16. The van der Waals surface area contributed by atoms with E-state index in [4.69, 9.17) is 5.73 Å². The number of carbonyl (C=O) groups is 1. The summed E-state index contributed by atoms with van der Waals surface area (Å²) in [4.78, 5) is 12.9. The minimum absolute atomic E-state index is 0.0723. The minimum atomic E-state index is -0.131. The summed E-state index contributed by atoms with van der Waals surface area (Å²) in [5.74, 6) is 0.511. The standard InChI is InChI=1S/C14H22N2OS/c1-5-14(3,4)16-13(17)9-18-12-7-6-11(15)8-10(12)2/h6-8H,5,9,15H2,1-4H3,(H,16,17). The highest BCUT2D eigenvalue weighted by Crippen LogP contribution is 2.24. The average Bonchev–Trinajstić information content (AvgIpc) is 2.27. The van der Waals surface area contributed by atoms with Gasteiger partial charge in [-0.3, -0.25) is 4.79 Å². The Labute approximate surface area is 114 Å². The van der Waals surface area contributed by atoms with E-state index < -0.39 is 0 Å². The zero-order valence-electron chi connectivity index (χ0n) is 11.5. The molecule has 1 aromatic rings. The molecule has 0 aliphatic heterocycles. The van der Waals surface area contributed by atoms with Gasteiger partial charge >= 0.3 is 0 Å². The van der Waals surface area contributed by atoms with E-state index in [0.717, 1.165) is 22.6 Å². The third-order valence-electron chi connectivity index (χ3n) is 2.92. The number of anilines is 1. The lowest BCUT2D eigenvalue weighted by Crippen LogP contribution is -2.43. The van der Waals surface area contributed by atoms with E-state index in [1.807, 2.05) is 39.0 Å². The van der Waals surface area contributed by atoms with E-state index in [9.17, 15) is 4.79 Å². The largest absolute Gasteiger partial charge is 0.399 e. The van der Waals surface area contributed by atoms with Crippen molar-refractivity contribution in [1.29, 1.82) is 0 Å². The van der Waals surface area contributed by atoms with Gasteiger partial charge in [-0.1, -0.05) is 6.92 Å². The van der Waals surface area contributed by atoms with Crippen LogP contribution in [0.4, 0.5) is 5.69 Å². The van der Waals surface area contributed by atoms with Gasteiger partial charge in [0, 0.05) is 16.1 Å².